The van der Waals surface area contributed by atoms with Crippen LogP contribution >= 0.6 is 11.3 Å². The number of likely N-dealkylation sites (tertiary alicyclic amines) is 1. The van der Waals surface area contributed by atoms with Gasteiger partial charge in [-0.3, -0.25) is 4.79 Å². The van der Waals surface area contributed by atoms with Crippen LogP contribution in [-0.2, 0) is 4.79 Å². The molecule has 4 nitrogen and oxygen atoms in total. The van der Waals surface area contributed by atoms with E-state index >= 15 is 0 Å². The number of amides is 1. The lowest BCUT2D eigenvalue weighted by Gasteiger charge is -2.31. The molecule has 1 aliphatic heterocycles. The SMILES string of the molecule is CC1(C)CCCN1C(=O)c1csc(C=CC(=O)O)c1. The highest BCUT2D eigenvalue weighted by molar-refractivity contribution is 7.11. The average molecular weight is 279 g/mol. The molecule has 2 heterocycles. The van der Waals surface area contributed by atoms with Crippen LogP contribution < -0.4 is 0 Å². The van der Waals surface area contributed by atoms with E-state index < -0.39 is 5.97 Å². The van der Waals surface area contributed by atoms with Crippen LogP contribution in [0.25, 0.3) is 6.08 Å². The molecular weight excluding hydrogens is 262 g/mol. The zero-order valence-corrected chi connectivity index (χ0v) is 11.9. The van der Waals surface area contributed by atoms with Crippen molar-refractivity contribution in [2.24, 2.45) is 0 Å². The molecule has 5 heteroatoms. The lowest BCUT2D eigenvalue weighted by molar-refractivity contribution is -0.131. The summed E-state index contributed by atoms with van der Waals surface area (Å²) in [6.45, 7) is 4.95. The standard InChI is InChI=1S/C14H17NO3S/c1-14(2)6-3-7-15(14)13(18)10-8-11(19-9-10)4-5-12(16)17/h4-5,8-9H,3,6-7H2,1-2H3,(H,16,17). The Morgan fingerprint density at radius 1 is 1.47 bits per heavy atom. The van der Waals surface area contributed by atoms with Gasteiger partial charge in [-0.2, -0.15) is 0 Å². The van der Waals surface area contributed by atoms with Crippen LogP contribution in [-0.4, -0.2) is 34.0 Å². The second kappa shape index (κ2) is 5.17. The van der Waals surface area contributed by atoms with E-state index in [2.05, 4.69) is 13.8 Å². The first-order valence-electron chi connectivity index (χ1n) is 6.22. The highest BCUT2D eigenvalue weighted by Gasteiger charge is 2.35. The number of carboxylic acids is 1. The molecule has 0 radical (unpaired) electrons. The normalized spacial score (nSPS) is 18.1. The fourth-order valence-electron chi connectivity index (χ4n) is 2.35. The molecule has 1 N–H and O–H groups in total. The predicted octanol–water partition coefficient (Wildman–Crippen LogP) is 2.86. The second-order valence-electron chi connectivity index (χ2n) is 5.28. The first kappa shape index (κ1) is 13.8. The quantitative estimate of drug-likeness (QED) is 0.866. The zero-order valence-electron chi connectivity index (χ0n) is 11.0. The third kappa shape index (κ3) is 3.04. The monoisotopic (exact) mass is 279 g/mol. The summed E-state index contributed by atoms with van der Waals surface area (Å²) in [6, 6.07) is 1.75. The minimum atomic E-state index is -0.984. The molecule has 102 valence electrons. The number of carbonyl (C=O) groups excluding carboxylic acids is 1. The van der Waals surface area contributed by atoms with Crippen LogP contribution in [0, 0.1) is 0 Å². The van der Waals surface area contributed by atoms with Crippen LogP contribution in [0.2, 0.25) is 0 Å². The molecule has 0 saturated carbocycles. The number of carboxylic acid groups (broad SMARTS) is 1. The van der Waals surface area contributed by atoms with Gasteiger partial charge in [0.05, 0.1) is 5.56 Å². The van der Waals surface area contributed by atoms with Gasteiger partial charge in [-0.15, -0.1) is 11.3 Å². The van der Waals surface area contributed by atoms with Gasteiger partial charge in [0.15, 0.2) is 0 Å². The Morgan fingerprint density at radius 3 is 2.79 bits per heavy atom. The summed E-state index contributed by atoms with van der Waals surface area (Å²) in [4.78, 5) is 25.5. The van der Waals surface area contributed by atoms with Crippen molar-refractivity contribution in [3.63, 3.8) is 0 Å². The summed E-state index contributed by atoms with van der Waals surface area (Å²) in [6.07, 6.45) is 4.65. The number of hydrogen-bond donors (Lipinski definition) is 1. The van der Waals surface area contributed by atoms with E-state index in [-0.39, 0.29) is 11.4 Å². The summed E-state index contributed by atoms with van der Waals surface area (Å²) in [5.41, 5.74) is 0.556. The molecule has 1 aliphatic rings. The zero-order chi connectivity index (χ0) is 14.0. The van der Waals surface area contributed by atoms with Gasteiger partial charge >= 0.3 is 5.97 Å². The first-order chi connectivity index (χ1) is 8.90. The van der Waals surface area contributed by atoms with E-state index in [0.29, 0.717) is 5.56 Å². The number of nitrogens with zero attached hydrogens (tertiary/aromatic N) is 1. The van der Waals surface area contributed by atoms with Gasteiger partial charge in [0.25, 0.3) is 5.91 Å². The molecule has 1 saturated heterocycles. The topological polar surface area (TPSA) is 57.6 Å². The maximum Gasteiger partial charge on any atom is 0.328 e. The molecule has 1 amide bonds. The molecule has 0 atom stereocenters. The van der Waals surface area contributed by atoms with Gasteiger partial charge < -0.3 is 10.0 Å². The molecule has 0 aromatic carbocycles. The smallest absolute Gasteiger partial charge is 0.328 e. The van der Waals surface area contributed by atoms with E-state index in [1.807, 2.05) is 4.90 Å². The summed E-state index contributed by atoms with van der Waals surface area (Å²) >= 11 is 1.38. The molecule has 1 fully saturated rings. The van der Waals surface area contributed by atoms with Crippen molar-refractivity contribution in [3.8, 4) is 0 Å². The molecule has 19 heavy (non-hydrogen) atoms. The van der Waals surface area contributed by atoms with Crippen LogP contribution in [0.15, 0.2) is 17.5 Å². The number of rotatable bonds is 3. The van der Waals surface area contributed by atoms with Crippen molar-refractivity contribution in [2.75, 3.05) is 6.54 Å². The molecule has 1 aromatic heterocycles. The fraction of sp³-hybridized carbons (Fsp3) is 0.429. The van der Waals surface area contributed by atoms with Gasteiger partial charge in [0.2, 0.25) is 0 Å². The molecular formula is C14H17NO3S. The summed E-state index contributed by atoms with van der Waals surface area (Å²) in [5.74, 6) is -0.948. The lowest BCUT2D eigenvalue weighted by Crippen LogP contribution is -2.42. The summed E-state index contributed by atoms with van der Waals surface area (Å²) < 4.78 is 0. The first-order valence-corrected chi connectivity index (χ1v) is 7.10. The minimum Gasteiger partial charge on any atom is -0.478 e. The Hall–Kier alpha value is -1.62. The van der Waals surface area contributed by atoms with Gasteiger partial charge in [-0.25, -0.2) is 4.79 Å². The van der Waals surface area contributed by atoms with Gasteiger partial charge in [0.1, 0.15) is 0 Å². The maximum absolute atomic E-state index is 12.4. The van der Waals surface area contributed by atoms with E-state index in [1.54, 1.807) is 11.4 Å². The highest BCUT2D eigenvalue weighted by atomic mass is 32.1. The molecule has 0 aliphatic carbocycles. The van der Waals surface area contributed by atoms with Gasteiger partial charge in [-0.05, 0) is 38.8 Å². The van der Waals surface area contributed by atoms with E-state index in [4.69, 9.17) is 5.11 Å². The third-order valence-corrected chi connectivity index (χ3v) is 4.30. The average Bonchev–Trinajstić information content (AvgIpc) is 2.91. The molecule has 0 spiro atoms. The molecule has 1 aromatic rings. The number of aliphatic carboxylic acids is 1. The third-order valence-electron chi connectivity index (χ3n) is 3.40. The number of hydrogen-bond acceptors (Lipinski definition) is 3. The van der Waals surface area contributed by atoms with Crippen molar-refractivity contribution in [1.29, 1.82) is 0 Å². The van der Waals surface area contributed by atoms with Crippen molar-refractivity contribution < 1.29 is 14.7 Å². The summed E-state index contributed by atoms with van der Waals surface area (Å²) in [5, 5.41) is 10.4. The van der Waals surface area contributed by atoms with Crippen molar-refractivity contribution >= 4 is 29.3 Å². The predicted molar refractivity (Wildman–Crippen MR) is 75.3 cm³/mol. The Bertz CT molecular complexity index is 531. The number of carbonyl (C=O) groups is 2. The molecule has 0 bridgehead atoms. The second-order valence-corrected chi connectivity index (χ2v) is 6.22. The van der Waals surface area contributed by atoms with Crippen LogP contribution in [0.3, 0.4) is 0 Å². The number of thiophene rings is 1. The van der Waals surface area contributed by atoms with Crippen LogP contribution in [0.4, 0.5) is 0 Å². The van der Waals surface area contributed by atoms with Gasteiger partial charge in [0, 0.05) is 28.4 Å². The molecule has 2 rings (SSSR count). The Kier molecular flexibility index (Phi) is 3.75. The van der Waals surface area contributed by atoms with Crippen LogP contribution in [0.1, 0.15) is 41.9 Å². The summed E-state index contributed by atoms with van der Waals surface area (Å²) in [7, 11) is 0. The van der Waals surface area contributed by atoms with Crippen molar-refractivity contribution in [2.45, 2.75) is 32.2 Å². The van der Waals surface area contributed by atoms with Crippen molar-refractivity contribution in [1.82, 2.24) is 4.90 Å². The van der Waals surface area contributed by atoms with Crippen molar-refractivity contribution in [3.05, 3.63) is 28.0 Å². The van der Waals surface area contributed by atoms with E-state index in [1.165, 1.54) is 17.4 Å². The fourth-order valence-corrected chi connectivity index (χ4v) is 3.12. The highest BCUT2D eigenvalue weighted by Crippen LogP contribution is 2.30. The van der Waals surface area contributed by atoms with Crippen LogP contribution in [0.5, 0.6) is 0 Å². The Morgan fingerprint density at radius 2 is 2.21 bits per heavy atom. The van der Waals surface area contributed by atoms with Gasteiger partial charge in [-0.1, -0.05) is 0 Å². The Balaban J connectivity index is 2.14. The van der Waals surface area contributed by atoms with E-state index in [9.17, 15) is 9.59 Å². The molecule has 0 unspecified atom stereocenters. The largest absolute Gasteiger partial charge is 0.478 e. The van der Waals surface area contributed by atoms with E-state index in [0.717, 1.165) is 30.3 Å². The minimum absolute atomic E-state index is 0.0359. The maximum atomic E-state index is 12.4. The Labute approximate surface area is 116 Å². The lowest BCUT2D eigenvalue weighted by atomic mass is 10.0.